The highest BCUT2D eigenvalue weighted by Gasteiger charge is 2.08. The first kappa shape index (κ1) is 10.1. The van der Waals surface area contributed by atoms with Crippen molar-refractivity contribution in [2.24, 2.45) is 10.3 Å². The maximum atomic E-state index is 10.7. The van der Waals surface area contributed by atoms with Crippen molar-refractivity contribution in [1.29, 1.82) is 0 Å². The zero-order chi connectivity index (χ0) is 10.6. The molecule has 6 nitrogen and oxygen atoms in total. The highest BCUT2D eigenvalue weighted by atomic mass is 16.4. The summed E-state index contributed by atoms with van der Waals surface area (Å²) in [7, 11) is 3.39. The molecule has 0 spiro atoms. The summed E-state index contributed by atoms with van der Waals surface area (Å²) >= 11 is 0. The summed E-state index contributed by atoms with van der Waals surface area (Å²) in [5, 5.41) is 17.7. The lowest BCUT2D eigenvalue weighted by Gasteiger charge is -2.01. The molecule has 1 aromatic rings. The van der Waals surface area contributed by atoms with E-state index in [1.54, 1.807) is 14.1 Å². The van der Waals surface area contributed by atoms with Crippen LogP contribution >= 0.6 is 0 Å². The molecular weight excluding hydrogens is 184 g/mol. The molecule has 0 atom stereocenters. The third kappa shape index (κ3) is 2.51. The largest absolute Gasteiger partial charge is 0.478 e. The minimum Gasteiger partial charge on any atom is -0.478 e. The first-order chi connectivity index (χ1) is 6.61. The molecule has 14 heavy (non-hydrogen) atoms. The van der Waals surface area contributed by atoms with E-state index in [1.165, 1.54) is 23.5 Å². The summed E-state index contributed by atoms with van der Waals surface area (Å²) in [6.07, 6.45) is 2.76. The third-order valence-corrected chi connectivity index (χ3v) is 1.36. The zero-order valence-corrected chi connectivity index (χ0v) is 7.88. The van der Waals surface area contributed by atoms with E-state index in [0.29, 0.717) is 0 Å². The van der Waals surface area contributed by atoms with Crippen LogP contribution in [-0.4, -0.2) is 35.2 Å². The normalized spacial score (nSPS) is 10.4. The van der Waals surface area contributed by atoms with E-state index in [2.05, 4.69) is 15.3 Å². The number of aromatic nitrogens is 1. The van der Waals surface area contributed by atoms with Crippen molar-refractivity contribution in [3.63, 3.8) is 0 Å². The molecule has 0 saturated carbocycles. The van der Waals surface area contributed by atoms with Gasteiger partial charge in [-0.1, -0.05) is 5.22 Å². The molecule has 0 aliphatic heterocycles. The summed E-state index contributed by atoms with van der Waals surface area (Å²) in [6.45, 7) is 0. The van der Waals surface area contributed by atoms with Crippen LogP contribution in [0.2, 0.25) is 0 Å². The lowest BCUT2D eigenvalue weighted by molar-refractivity contribution is 0.0697. The van der Waals surface area contributed by atoms with Gasteiger partial charge in [0.2, 0.25) is 0 Å². The van der Waals surface area contributed by atoms with Gasteiger partial charge in [0.15, 0.2) is 0 Å². The molecular formula is C8H10N4O2. The van der Waals surface area contributed by atoms with Crippen LogP contribution < -0.4 is 0 Å². The SMILES string of the molecule is CN(C)N=Nc1cnccc1C(=O)O. The fraction of sp³-hybridized carbons (Fsp3) is 0.250. The predicted octanol–water partition coefficient (Wildman–Crippen LogP) is 1.34. The van der Waals surface area contributed by atoms with E-state index in [-0.39, 0.29) is 11.3 Å². The van der Waals surface area contributed by atoms with Crippen molar-refractivity contribution >= 4 is 11.7 Å². The molecule has 74 valence electrons. The molecule has 1 aromatic heterocycles. The Morgan fingerprint density at radius 2 is 2.29 bits per heavy atom. The molecule has 0 fully saturated rings. The molecule has 1 rings (SSSR count). The van der Waals surface area contributed by atoms with Crippen molar-refractivity contribution in [3.05, 3.63) is 24.0 Å². The highest BCUT2D eigenvalue weighted by Crippen LogP contribution is 2.17. The van der Waals surface area contributed by atoms with E-state index in [4.69, 9.17) is 5.11 Å². The van der Waals surface area contributed by atoms with Crippen LogP contribution in [0, 0.1) is 0 Å². The average molecular weight is 194 g/mol. The number of nitrogens with zero attached hydrogens (tertiary/aromatic N) is 4. The van der Waals surface area contributed by atoms with Crippen molar-refractivity contribution in [2.75, 3.05) is 14.1 Å². The monoisotopic (exact) mass is 194 g/mol. The molecule has 0 saturated heterocycles. The molecule has 0 bridgehead atoms. The van der Waals surface area contributed by atoms with Gasteiger partial charge < -0.3 is 5.11 Å². The van der Waals surface area contributed by atoms with Gasteiger partial charge in [-0.2, -0.15) is 0 Å². The number of aromatic carboxylic acids is 1. The van der Waals surface area contributed by atoms with Gasteiger partial charge in [0.1, 0.15) is 5.69 Å². The van der Waals surface area contributed by atoms with E-state index in [0.717, 1.165) is 0 Å². The summed E-state index contributed by atoms with van der Waals surface area (Å²) in [6, 6.07) is 1.38. The minimum absolute atomic E-state index is 0.0885. The Morgan fingerprint density at radius 1 is 1.57 bits per heavy atom. The molecule has 0 radical (unpaired) electrons. The van der Waals surface area contributed by atoms with Crippen LogP contribution in [-0.2, 0) is 0 Å². The number of carbonyl (C=O) groups is 1. The lowest BCUT2D eigenvalue weighted by Crippen LogP contribution is -2.00. The number of carboxylic acids is 1. The van der Waals surface area contributed by atoms with Crippen molar-refractivity contribution in [2.45, 2.75) is 0 Å². The van der Waals surface area contributed by atoms with Crippen LogP contribution in [0.3, 0.4) is 0 Å². The summed E-state index contributed by atoms with van der Waals surface area (Å²) in [4.78, 5) is 14.5. The molecule has 1 N–H and O–H groups in total. The van der Waals surface area contributed by atoms with Crippen molar-refractivity contribution < 1.29 is 9.90 Å². The first-order valence-electron chi connectivity index (χ1n) is 3.87. The second kappa shape index (κ2) is 4.31. The number of pyridine rings is 1. The lowest BCUT2D eigenvalue weighted by atomic mass is 10.2. The first-order valence-corrected chi connectivity index (χ1v) is 3.87. The van der Waals surface area contributed by atoms with Crippen LogP contribution in [0.25, 0.3) is 0 Å². The van der Waals surface area contributed by atoms with Crippen LogP contribution in [0.5, 0.6) is 0 Å². The van der Waals surface area contributed by atoms with Gasteiger partial charge >= 0.3 is 5.97 Å². The smallest absolute Gasteiger partial charge is 0.338 e. The Morgan fingerprint density at radius 3 is 2.86 bits per heavy atom. The molecule has 6 heteroatoms. The number of rotatable bonds is 3. The number of hydrogen-bond donors (Lipinski definition) is 1. The standard InChI is InChI=1S/C8H10N4O2/c1-12(2)11-10-7-5-9-4-3-6(7)8(13)14/h3-5H,1-2H3,(H,13,14). The van der Waals surface area contributed by atoms with Crippen LogP contribution in [0.4, 0.5) is 5.69 Å². The fourth-order valence-electron chi connectivity index (χ4n) is 0.784. The third-order valence-electron chi connectivity index (χ3n) is 1.36. The van der Waals surface area contributed by atoms with Gasteiger partial charge in [0.05, 0.1) is 11.8 Å². The maximum absolute atomic E-state index is 10.7. The topological polar surface area (TPSA) is 78.2 Å². The second-order valence-corrected chi connectivity index (χ2v) is 2.73. The number of carboxylic acid groups (broad SMARTS) is 1. The predicted molar refractivity (Wildman–Crippen MR) is 49.4 cm³/mol. The van der Waals surface area contributed by atoms with Gasteiger partial charge in [-0.25, -0.2) is 4.79 Å². The van der Waals surface area contributed by atoms with E-state index in [9.17, 15) is 4.79 Å². The molecule has 0 aromatic carbocycles. The maximum Gasteiger partial charge on any atom is 0.338 e. The molecule has 0 unspecified atom stereocenters. The van der Waals surface area contributed by atoms with E-state index in [1.807, 2.05) is 0 Å². The Bertz CT molecular complexity index is 362. The molecule has 0 aliphatic rings. The van der Waals surface area contributed by atoms with Gasteiger partial charge in [-0.3, -0.25) is 9.99 Å². The van der Waals surface area contributed by atoms with Crippen molar-refractivity contribution in [1.82, 2.24) is 9.99 Å². The van der Waals surface area contributed by atoms with E-state index >= 15 is 0 Å². The average Bonchev–Trinajstić information content (AvgIpc) is 2.15. The molecule has 0 aliphatic carbocycles. The van der Waals surface area contributed by atoms with Crippen LogP contribution in [0.1, 0.15) is 10.4 Å². The Hall–Kier alpha value is -1.98. The van der Waals surface area contributed by atoms with Crippen molar-refractivity contribution in [3.8, 4) is 0 Å². The second-order valence-electron chi connectivity index (χ2n) is 2.73. The molecule has 1 heterocycles. The highest BCUT2D eigenvalue weighted by molar-refractivity contribution is 5.92. The summed E-state index contributed by atoms with van der Waals surface area (Å²) in [5.41, 5.74) is 0.333. The van der Waals surface area contributed by atoms with E-state index < -0.39 is 5.97 Å². The van der Waals surface area contributed by atoms with Gasteiger partial charge in [0.25, 0.3) is 0 Å². The quantitative estimate of drug-likeness (QED) is 0.581. The Labute approximate surface area is 80.9 Å². The summed E-state index contributed by atoms with van der Waals surface area (Å²) < 4.78 is 0. The minimum atomic E-state index is -1.04. The Kier molecular flexibility index (Phi) is 3.11. The van der Waals surface area contributed by atoms with Crippen LogP contribution in [0.15, 0.2) is 28.8 Å². The van der Waals surface area contributed by atoms with Gasteiger partial charge in [0, 0.05) is 20.3 Å². The molecule has 0 amide bonds. The Balaban J connectivity index is 3.02. The van der Waals surface area contributed by atoms with Gasteiger partial charge in [-0.05, 0) is 6.07 Å². The fourth-order valence-corrected chi connectivity index (χ4v) is 0.784. The van der Waals surface area contributed by atoms with Gasteiger partial charge in [-0.15, -0.1) is 5.11 Å². The number of hydrogen-bond acceptors (Lipinski definition) is 4. The zero-order valence-electron chi connectivity index (χ0n) is 7.88. The summed E-state index contributed by atoms with van der Waals surface area (Å²) in [5.74, 6) is -1.04.